The fourth-order valence-corrected chi connectivity index (χ4v) is 4.00. The van der Waals surface area contributed by atoms with Crippen molar-refractivity contribution in [3.05, 3.63) is 0 Å². The molecule has 12 heteroatoms. The van der Waals surface area contributed by atoms with Gasteiger partial charge >= 0.3 is 79.9 Å². The molecule has 0 radical (unpaired) electrons. The second-order valence-corrected chi connectivity index (χ2v) is 11.4. The first-order chi connectivity index (χ1) is 17.0. The normalized spacial score (nSPS) is 10.8. The first-order valence-electron chi connectivity index (χ1n) is 14.3. The molecule has 0 atom stereocenters. The molecule has 0 saturated carbocycles. The van der Waals surface area contributed by atoms with E-state index in [1.165, 1.54) is 122 Å². The van der Waals surface area contributed by atoms with Crippen LogP contribution in [0.25, 0.3) is 0 Å². The van der Waals surface area contributed by atoms with Gasteiger partial charge < -0.3 is 0 Å². The predicted molar refractivity (Wildman–Crippen MR) is 165 cm³/mol. The van der Waals surface area contributed by atoms with Gasteiger partial charge in [-0.1, -0.05) is 156 Å². The number of hydrogen-bond acceptors (Lipinski definition) is 5. The molecule has 0 aliphatic carbocycles. The Bertz CT molecular complexity index is 599. The maximum atomic E-state index is 10.2. The maximum absolute atomic E-state index is 10.2. The number of hydrogen-bond donors (Lipinski definition) is 3. The van der Waals surface area contributed by atoms with E-state index in [9.17, 15) is 8.42 Å². The van der Waals surface area contributed by atoms with Crippen molar-refractivity contribution in [3.63, 3.8) is 0 Å². The summed E-state index contributed by atoms with van der Waals surface area (Å²) in [6, 6.07) is 0. The van der Waals surface area contributed by atoms with Crippen molar-refractivity contribution in [2.24, 2.45) is 0 Å². The van der Waals surface area contributed by atoms with Crippen molar-refractivity contribution in [2.45, 2.75) is 162 Å². The average Bonchev–Trinajstić information content (AvgIpc) is 2.77. The molecule has 0 aliphatic heterocycles. The molecule has 0 aliphatic rings. The van der Waals surface area contributed by atoms with Crippen molar-refractivity contribution in [3.8, 4) is 0 Å². The first kappa shape index (κ1) is 49.4. The summed E-state index contributed by atoms with van der Waals surface area (Å²) in [5.41, 5.74) is 0. The van der Waals surface area contributed by atoms with Gasteiger partial charge in [0, 0.05) is 0 Å². The van der Waals surface area contributed by atoms with Crippen molar-refractivity contribution < 1.29 is 34.7 Å². The molecule has 0 aromatic carbocycles. The summed E-state index contributed by atoms with van der Waals surface area (Å²) in [4.78, 5) is 0. The van der Waals surface area contributed by atoms with Gasteiger partial charge in [-0.25, -0.2) is 4.18 Å². The Balaban J connectivity index is -0.000000157. The average molecular weight is 611 g/mol. The molecule has 0 rings (SSSR count). The topological polar surface area (TPSA) is 138 Å². The summed E-state index contributed by atoms with van der Waals surface area (Å²) < 4.78 is 64.6. The van der Waals surface area contributed by atoms with Gasteiger partial charge in [0.05, 0.1) is 6.61 Å². The van der Waals surface area contributed by atoms with E-state index in [0.717, 1.165) is 12.8 Å². The summed E-state index contributed by atoms with van der Waals surface area (Å²) in [6.07, 6.45) is 29.3. The van der Waals surface area contributed by atoms with E-state index in [4.69, 9.17) is 22.1 Å². The molecule has 0 aromatic heterocycles. The van der Waals surface area contributed by atoms with Crippen LogP contribution in [0.1, 0.15) is 162 Å². The predicted octanol–water partition coefficient (Wildman–Crippen LogP) is 7.48. The van der Waals surface area contributed by atoms with Gasteiger partial charge in [-0.2, -0.15) is 16.8 Å². The van der Waals surface area contributed by atoms with Gasteiger partial charge in [-0.05, 0) is 6.42 Å². The Labute approximate surface area is 280 Å². The summed E-state index contributed by atoms with van der Waals surface area (Å²) in [6.45, 7) is 6.88. The summed E-state index contributed by atoms with van der Waals surface area (Å²) >= 11 is 0. The van der Waals surface area contributed by atoms with E-state index < -0.39 is 20.8 Å². The molecule has 8 nitrogen and oxygen atoms in total. The van der Waals surface area contributed by atoms with Crippen LogP contribution >= 0.6 is 0 Å². The summed E-state index contributed by atoms with van der Waals surface area (Å²) in [5, 5.41) is 0. The molecular formula is C26H60Na2O8S2. The SMILES string of the molecule is CCCCCCCCCCCCCC.CCCCCCCCCCCCOS(=O)(=O)O.O=S(=O)(O)O.[NaH].[NaH]. The zero-order chi connectivity index (χ0) is 28.0. The second kappa shape index (κ2) is 38.7. The molecule has 0 amide bonds. The van der Waals surface area contributed by atoms with Crippen LogP contribution in [0.4, 0.5) is 0 Å². The minimum atomic E-state index is -4.67. The van der Waals surface area contributed by atoms with E-state index in [2.05, 4.69) is 25.0 Å². The first-order valence-corrected chi connectivity index (χ1v) is 17.1. The third-order valence-electron chi connectivity index (χ3n) is 5.69. The zero-order valence-electron chi connectivity index (χ0n) is 23.5. The molecule has 226 valence electrons. The van der Waals surface area contributed by atoms with Gasteiger partial charge in [0.1, 0.15) is 0 Å². The number of rotatable bonds is 23. The van der Waals surface area contributed by atoms with E-state index in [-0.39, 0.29) is 65.7 Å². The Morgan fingerprint density at radius 1 is 0.421 bits per heavy atom. The monoisotopic (exact) mass is 610 g/mol. The molecule has 0 heterocycles. The van der Waals surface area contributed by atoms with Gasteiger partial charge in [0.15, 0.2) is 0 Å². The quantitative estimate of drug-likeness (QED) is 0.0615. The molecule has 0 spiro atoms. The van der Waals surface area contributed by atoms with E-state index >= 15 is 0 Å². The van der Waals surface area contributed by atoms with Crippen LogP contribution in [0.3, 0.4) is 0 Å². The van der Waals surface area contributed by atoms with Crippen LogP contribution in [0.2, 0.25) is 0 Å². The standard InChI is InChI=1S/C14H30.C12H26O4S.2Na.H2O4S.2H/c1-3-5-7-9-11-13-14-12-10-8-6-4-2;1-2-3-4-5-6-7-8-9-10-11-12-16-17(13,14)15;;;1-5(2,3)4;;/h3-14H2,1-2H3;2-12H2,1H3,(H,13,14,15);;;(H2,1,2,3,4);;. The van der Waals surface area contributed by atoms with E-state index in [1.54, 1.807) is 0 Å². The third-order valence-corrected chi connectivity index (χ3v) is 6.15. The van der Waals surface area contributed by atoms with E-state index in [0.29, 0.717) is 6.42 Å². The molecular weight excluding hydrogens is 550 g/mol. The Kier molecular flexibility index (Phi) is 50.4. The molecule has 0 saturated heterocycles. The van der Waals surface area contributed by atoms with Crippen molar-refractivity contribution in [2.75, 3.05) is 6.61 Å². The van der Waals surface area contributed by atoms with Crippen LogP contribution in [0.15, 0.2) is 0 Å². The fourth-order valence-electron chi connectivity index (χ4n) is 3.67. The van der Waals surface area contributed by atoms with Gasteiger partial charge in [-0.3, -0.25) is 13.7 Å². The van der Waals surface area contributed by atoms with Crippen LogP contribution in [-0.4, -0.2) is 96.2 Å². The second-order valence-electron chi connectivity index (χ2n) is 9.42. The summed E-state index contributed by atoms with van der Waals surface area (Å²) in [7, 11) is -8.90. The van der Waals surface area contributed by atoms with Crippen LogP contribution in [0.5, 0.6) is 0 Å². The Morgan fingerprint density at radius 2 is 0.605 bits per heavy atom. The Morgan fingerprint density at radius 3 is 0.789 bits per heavy atom. The molecule has 0 fully saturated rings. The minimum absolute atomic E-state index is 0. The Hall–Kier alpha value is 1.74. The van der Waals surface area contributed by atoms with Gasteiger partial charge in [-0.15, -0.1) is 0 Å². The molecule has 0 unspecified atom stereocenters. The molecule has 0 bridgehead atoms. The van der Waals surface area contributed by atoms with Gasteiger partial charge in [0.2, 0.25) is 0 Å². The molecule has 0 aromatic rings. The van der Waals surface area contributed by atoms with Crippen LogP contribution in [-0.2, 0) is 25.0 Å². The van der Waals surface area contributed by atoms with Crippen molar-refractivity contribution in [1.29, 1.82) is 0 Å². The number of unbranched alkanes of at least 4 members (excludes halogenated alkanes) is 20. The van der Waals surface area contributed by atoms with Crippen LogP contribution < -0.4 is 0 Å². The van der Waals surface area contributed by atoms with Crippen molar-refractivity contribution in [1.82, 2.24) is 0 Å². The molecule has 3 N–H and O–H groups in total. The van der Waals surface area contributed by atoms with Crippen LogP contribution in [0, 0.1) is 0 Å². The van der Waals surface area contributed by atoms with E-state index in [1.807, 2.05) is 0 Å². The molecule has 38 heavy (non-hydrogen) atoms. The summed E-state index contributed by atoms with van der Waals surface area (Å²) in [5.74, 6) is 0. The fraction of sp³-hybridized carbons (Fsp3) is 1.00. The van der Waals surface area contributed by atoms with Crippen molar-refractivity contribution >= 4 is 79.9 Å². The zero-order valence-corrected chi connectivity index (χ0v) is 25.1. The third kappa shape index (κ3) is 71.2. The van der Waals surface area contributed by atoms with Gasteiger partial charge in [0.25, 0.3) is 0 Å².